The number of benzene rings is 4. The third-order valence-corrected chi connectivity index (χ3v) is 4.29. The van der Waals surface area contributed by atoms with Gasteiger partial charge >= 0.3 is 0 Å². The van der Waals surface area contributed by atoms with E-state index in [4.69, 9.17) is 10.2 Å². The number of phenolic OH excluding ortho intramolecular Hbond substituents is 2. The van der Waals surface area contributed by atoms with Gasteiger partial charge in [0, 0.05) is 0 Å². The fourth-order valence-corrected chi connectivity index (χ4v) is 2.56. The molecule has 4 aromatic rings. The molecule has 0 heterocycles. The number of hydrogen-bond donors (Lipinski definition) is 2. The molecule has 2 nitrogen and oxygen atoms in total. The van der Waals surface area contributed by atoms with E-state index in [0.717, 1.165) is 17.5 Å². The lowest BCUT2D eigenvalue weighted by molar-refractivity contribution is 0.475. The van der Waals surface area contributed by atoms with Gasteiger partial charge in [-0.15, -0.1) is 0 Å². The Morgan fingerprint density at radius 3 is 1.21 bits per heavy atom. The van der Waals surface area contributed by atoms with Crippen LogP contribution in [0.1, 0.15) is 30.0 Å². The highest BCUT2D eigenvalue weighted by atomic mass is 16.3. The summed E-state index contributed by atoms with van der Waals surface area (Å²) in [6.45, 7) is 9.52. The van der Waals surface area contributed by atoms with Crippen LogP contribution in [0.3, 0.4) is 0 Å². The first kappa shape index (κ1) is 27.7. The molecule has 0 saturated heterocycles. The Hall–Kier alpha value is -4.30. The molecule has 0 aromatic heterocycles. The minimum Gasteiger partial charge on any atom is -0.508 e. The standard InChI is InChI=1S/C10H10.C10H12.2C6H6O/c1-3-9-7-5-6-8-10(9)4-2;1-2-3-7-10-8-5-4-6-9-10;2*7-6-4-2-1-3-5-6/h3-8H,1-2H2;3-9H,2H2,1H3;2*1-5,7H. The van der Waals surface area contributed by atoms with Gasteiger partial charge in [0.05, 0.1) is 0 Å². The Bertz CT molecular complexity index is 1010. The fourth-order valence-electron chi connectivity index (χ4n) is 2.56. The SMILES string of the molecule is C=Cc1ccccc1C=C.CCC=Cc1ccccc1.Oc1ccccc1.Oc1ccccc1. The third-order valence-electron chi connectivity index (χ3n) is 4.29. The summed E-state index contributed by atoms with van der Waals surface area (Å²) in [5, 5.41) is 17.3. The van der Waals surface area contributed by atoms with Crippen molar-refractivity contribution in [2.45, 2.75) is 13.3 Å². The summed E-state index contributed by atoms with van der Waals surface area (Å²) >= 11 is 0. The van der Waals surface area contributed by atoms with Gasteiger partial charge in [0.1, 0.15) is 11.5 Å². The van der Waals surface area contributed by atoms with E-state index in [2.05, 4.69) is 56.5 Å². The predicted molar refractivity (Wildman–Crippen MR) is 149 cm³/mol. The van der Waals surface area contributed by atoms with Crippen molar-refractivity contribution in [2.75, 3.05) is 0 Å². The normalized spacial score (nSPS) is 9.21. The zero-order valence-corrected chi connectivity index (χ0v) is 19.8. The lowest BCUT2D eigenvalue weighted by Crippen LogP contribution is -1.76. The Kier molecular flexibility index (Phi) is 14.9. The largest absolute Gasteiger partial charge is 0.508 e. The average Bonchev–Trinajstić information content (AvgIpc) is 2.90. The maximum absolute atomic E-state index is 8.63. The molecule has 0 spiro atoms. The van der Waals surface area contributed by atoms with Crippen molar-refractivity contribution in [2.24, 2.45) is 0 Å². The first-order valence-electron chi connectivity index (χ1n) is 11.1. The van der Waals surface area contributed by atoms with E-state index in [1.165, 1.54) is 5.56 Å². The van der Waals surface area contributed by atoms with Crippen molar-refractivity contribution in [3.05, 3.63) is 151 Å². The Morgan fingerprint density at radius 2 is 0.912 bits per heavy atom. The van der Waals surface area contributed by atoms with Crippen LogP contribution >= 0.6 is 0 Å². The second-order valence-electron chi connectivity index (χ2n) is 6.93. The summed E-state index contributed by atoms with van der Waals surface area (Å²) in [6.07, 6.45) is 9.07. The molecular formula is C32H34O2. The van der Waals surface area contributed by atoms with Gasteiger partial charge in [-0.05, 0) is 47.4 Å². The van der Waals surface area contributed by atoms with Crippen molar-refractivity contribution >= 4 is 18.2 Å². The molecule has 0 bridgehead atoms. The number of allylic oxidation sites excluding steroid dienone is 1. The topological polar surface area (TPSA) is 40.5 Å². The summed E-state index contributed by atoms with van der Waals surface area (Å²) < 4.78 is 0. The molecule has 2 N–H and O–H groups in total. The van der Waals surface area contributed by atoms with Crippen molar-refractivity contribution < 1.29 is 10.2 Å². The first-order valence-corrected chi connectivity index (χ1v) is 11.1. The maximum Gasteiger partial charge on any atom is 0.115 e. The van der Waals surface area contributed by atoms with E-state index in [9.17, 15) is 0 Å². The van der Waals surface area contributed by atoms with Crippen LogP contribution in [0.15, 0.2) is 134 Å². The summed E-state index contributed by atoms with van der Waals surface area (Å²) in [5.41, 5.74) is 3.55. The van der Waals surface area contributed by atoms with E-state index in [1.807, 2.05) is 54.6 Å². The molecule has 0 fully saturated rings. The molecule has 0 aliphatic carbocycles. The van der Waals surface area contributed by atoms with Crippen LogP contribution in [0.2, 0.25) is 0 Å². The van der Waals surface area contributed by atoms with E-state index in [-0.39, 0.29) is 0 Å². The lowest BCUT2D eigenvalue weighted by atomic mass is 10.1. The Balaban J connectivity index is 0.000000230. The second-order valence-corrected chi connectivity index (χ2v) is 6.93. The van der Waals surface area contributed by atoms with Gasteiger partial charge in [-0.2, -0.15) is 0 Å². The average molecular weight is 451 g/mol. The van der Waals surface area contributed by atoms with Crippen LogP contribution in [-0.2, 0) is 0 Å². The predicted octanol–water partition coefficient (Wildman–Crippen LogP) is 8.87. The van der Waals surface area contributed by atoms with E-state index in [1.54, 1.807) is 48.5 Å². The fraction of sp³-hybridized carbons (Fsp3) is 0.0625. The van der Waals surface area contributed by atoms with Gasteiger partial charge in [0.2, 0.25) is 0 Å². The zero-order chi connectivity index (χ0) is 24.9. The molecule has 4 aromatic carbocycles. The highest BCUT2D eigenvalue weighted by Crippen LogP contribution is 2.10. The van der Waals surface area contributed by atoms with Crippen molar-refractivity contribution in [1.82, 2.24) is 0 Å². The molecule has 2 heteroatoms. The minimum absolute atomic E-state index is 0.322. The van der Waals surface area contributed by atoms with Gasteiger partial charge in [-0.3, -0.25) is 0 Å². The van der Waals surface area contributed by atoms with Crippen LogP contribution in [-0.4, -0.2) is 10.2 Å². The van der Waals surface area contributed by atoms with Crippen molar-refractivity contribution in [1.29, 1.82) is 0 Å². The smallest absolute Gasteiger partial charge is 0.115 e. The Labute approximate surface area is 204 Å². The summed E-state index contributed by atoms with van der Waals surface area (Å²) in [6, 6.07) is 35.8. The van der Waals surface area contributed by atoms with Gasteiger partial charge in [-0.1, -0.05) is 135 Å². The van der Waals surface area contributed by atoms with Gasteiger partial charge in [-0.25, -0.2) is 0 Å². The molecule has 0 atom stereocenters. The van der Waals surface area contributed by atoms with E-state index < -0.39 is 0 Å². The summed E-state index contributed by atoms with van der Waals surface area (Å²) in [4.78, 5) is 0. The quantitative estimate of drug-likeness (QED) is 0.326. The van der Waals surface area contributed by atoms with Gasteiger partial charge in [0.15, 0.2) is 0 Å². The second kappa shape index (κ2) is 18.3. The molecule has 0 aliphatic heterocycles. The first-order chi connectivity index (χ1) is 16.6. The molecule has 0 unspecified atom stereocenters. The van der Waals surface area contributed by atoms with Gasteiger partial charge < -0.3 is 10.2 Å². The monoisotopic (exact) mass is 450 g/mol. The van der Waals surface area contributed by atoms with Crippen LogP contribution in [0.4, 0.5) is 0 Å². The molecule has 0 aliphatic rings. The lowest BCUT2D eigenvalue weighted by Gasteiger charge is -1.96. The Morgan fingerprint density at radius 1 is 0.559 bits per heavy atom. The zero-order valence-electron chi connectivity index (χ0n) is 19.8. The highest BCUT2D eigenvalue weighted by Gasteiger charge is 1.89. The third kappa shape index (κ3) is 13.2. The minimum atomic E-state index is 0.322. The molecular weight excluding hydrogens is 416 g/mol. The van der Waals surface area contributed by atoms with E-state index >= 15 is 0 Å². The van der Waals surface area contributed by atoms with Crippen molar-refractivity contribution in [3.63, 3.8) is 0 Å². The van der Waals surface area contributed by atoms with Crippen LogP contribution in [0, 0.1) is 0 Å². The molecule has 4 rings (SSSR count). The molecule has 174 valence electrons. The molecule has 0 saturated carbocycles. The molecule has 0 amide bonds. The van der Waals surface area contributed by atoms with Crippen LogP contribution in [0.5, 0.6) is 11.5 Å². The number of rotatable bonds is 4. The number of hydrogen-bond acceptors (Lipinski definition) is 2. The van der Waals surface area contributed by atoms with Gasteiger partial charge in [0.25, 0.3) is 0 Å². The van der Waals surface area contributed by atoms with Crippen molar-refractivity contribution in [3.8, 4) is 11.5 Å². The van der Waals surface area contributed by atoms with E-state index in [0.29, 0.717) is 11.5 Å². The highest BCUT2D eigenvalue weighted by molar-refractivity contribution is 5.63. The van der Waals surface area contributed by atoms with Crippen LogP contribution in [0.25, 0.3) is 18.2 Å². The molecule has 34 heavy (non-hydrogen) atoms. The maximum atomic E-state index is 8.63. The molecule has 0 radical (unpaired) electrons. The number of phenols is 2. The number of aromatic hydroxyl groups is 2. The van der Waals surface area contributed by atoms with Crippen LogP contribution < -0.4 is 0 Å². The summed E-state index contributed by atoms with van der Waals surface area (Å²) in [5.74, 6) is 0.644. The summed E-state index contributed by atoms with van der Waals surface area (Å²) in [7, 11) is 0. The number of para-hydroxylation sites is 2.